The van der Waals surface area contributed by atoms with Crippen molar-refractivity contribution in [2.24, 2.45) is 5.41 Å². The highest BCUT2D eigenvalue weighted by molar-refractivity contribution is 7.99. The van der Waals surface area contributed by atoms with Gasteiger partial charge in [-0.05, 0) is 129 Å². The molecule has 4 N–H and O–H groups in total. The van der Waals surface area contributed by atoms with E-state index in [1.807, 2.05) is 35.1 Å². The van der Waals surface area contributed by atoms with E-state index in [0.717, 1.165) is 58.0 Å². The average Bonchev–Trinajstić information content (AvgIpc) is 1.47. The van der Waals surface area contributed by atoms with Gasteiger partial charge in [0.15, 0.2) is 0 Å². The fourth-order valence-corrected chi connectivity index (χ4v) is 15.4. The fourth-order valence-electron chi connectivity index (χ4n) is 12.4. The van der Waals surface area contributed by atoms with Crippen LogP contribution in [0.3, 0.4) is 0 Å². The number of alkyl halides is 5. The Labute approximate surface area is 548 Å². The van der Waals surface area contributed by atoms with E-state index in [1.54, 1.807) is 17.0 Å². The Kier molecular flexibility index (Phi) is 22.9. The third-order valence-corrected chi connectivity index (χ3v) is 21.8. The number of thioether (sulfide) groups is 1. The molecule has 4 aliphatic heterocycles. The molecule has 4 heterocycles. The highest BCUT2D eigenvalue weighted by Crippen LogP contribution is 2.43. The topological polar surface area (TPSA) is 252 Å². The molecule has 1 unspecified atom stereocenters. The standard InChI is InChI=1S/C66H78F5N9O11S3/c1-43(17-25-56(67)68)51-40-65(2,3)29-27-45(51)41-77-33-35-78(36-34-77)47-20-18-44(19-21-47)61(84)75-94(90,91)49-22-23-52(55(39-49)93(88,89)66(69,70)71)72-46(42-92-48-11-6-4-7-12-48)28-30-76-31-37-79(38-32-76)59(83)16-9-5-8-15-57(81)73-53-14-10-13-50-60(53)64(87)80(63(50)86)54-24-26-58(82)74-62(54)85/h4,6-7,10-14,18-23,39,46,54,56,72H,1,5,8-9,15-17,24-38,40-42H2,2-3H3,(H,73,81)(H,75,84)(H,74,82,85)/t46-,54?/m1/s1. The molecule has 94 heavy (non-hydrogen) atoms. The first-order chi connectivity index (χ1) is 44.6. The predicted molar refractivity (Wildman–Crippen MR) is 346 cm³/mol. The molecule has 5 aliphatic rings. The first-order valence-electron chi connectivity index (χ1n) is 31.4. The number of halogens is 5. The number of sulfone groups is 1. The number of benzene rings is 4. The van der Waals surface area contributed by atoms with Gasteiger partial charge >= 0.3 is 5.51 Å². The number of carbonyl (C=O) groups is 7. The molecule has 4 aromatic carbocycles. The first-order valence-corrected chi connectivity index (χ1v) is 35.4. The molecule has 3 saturated heterocycles. The van der Waals surface area contributed by atoms with Crippen molar-refractivity contribution in [1.29, 1.82) is 0 Å². The molecule has 7 amide bonds. The zero-order valence-corrected chi connectivity index (χ0v) is 54.9. The van der Waals surface area contributed by atoms with Crippen LogP contribution >= 0.6 is 11.8 Å². The monoisotopic (exact) mass is 1360 g/mol. The molecule has 0 aromatic heterocycles. The number of fused-ring (bicyclic) bond motifs is 1. The van der Waals surface area contributed by atoms with Crippen molar-refractivity contribution < 1.29 is 72.3 Å². The number of imide groups is 2. The van der Waals surface area contributed by atoms with Gasteiger partial charge in [-0.25, -0.2) is 30.3 Å². The van der Waals surface area contributed by atoms with E-state index in [1.165, 1.54) is 47.7 Å². The average molecular weight is 1360 g/mol. The Bertz CT molecular complexity index is 3780. The minimum Gasteiger partial charge on any atom is -0.380 e. The van der Waals surface area contributed by atoms with E-state index in [2.05, 4.69) is 51.1 Å². The van der Waals surface area contributed by atoms with Crippen LogP contribution in [-0.2, 0) is 39.0 Å². The summed E-state index contributed by atoms with van der Waals surface area (Å²) in [6.45, 7) is 13.9. The van der Waals surface area contributed by atoms with Crippen molar-refractivity contribution in [3.63, 3.8) is 0 Å². The first kappa shape index (κ1) is 70.8. The largest absolute Gasteiger partial charge is 0.501 e. The molecular formula is C66H78F5N9O11S3. The minimum absolute atomic E-state index is 0.0173. The number of hydrogen-bond acceptors (Lipinski definition) is 16. The van der Waals surface area contributed by atoms with Crippen molar-refractivity contribution in [3.05, 3.63) is 131 Å². The van der Waals surface area contributed by atoms with E-state index >= 15 is 0 Å². The molecule has 2 atom stereocenters. The Morgan fingerprint density at radius 3 is 2.14 bits per heavy atom. The second-order valence-electron chi connectivity index (χ2n) is 25.1. The third-order valence-electron chi connectivity index (χ3n) is 17.8. The summed E-state index contributed by atoms with van der Waals surface area (Å²) in [6, 6.07) is 20.1. The number of piperidine rings is 1. The lowest BCUT2D eigenvalue weighted by Crippen LogP contribution is -2.54. The Balaban J connectivity index is 0.762. The van der Waals surface area contributed by atoms with Crippen LogP contribution in [0.2, 0.25) is 0 Å². The van der Waals surface area contributed by atoms with Gasteiger partial charge in [-0.15, -0.1) is 11.8 Å². The van der Waals surface area contributed by atoms with Crippen LogP contribution in [0.25, 0.3) is 0 Å². The predicted octanol–water partition coefficient (Wildman–Crippen LogP) is 9.43. The van der Waals surface area contributed by atoms with E-state index in [0.29, 0.717) is 90.8 Å². The van der Waals surface area contributed by atoms with Crippen LogP contribution in [-0.4, -0.2) is 173 Å². The molecule has 28 heteroatoms. The highest BCUT2D eigenvalue weighted by atomic mass is 32.2. The van der Waals surface area contributed by atoms with Gasteiger partial charge in [0.25, 0.3) is 37.6 Å². The smallest absolute Gasteiger partial charge is 0.380 e. The van der Waals surface area contributed by atoms with Gasteiger partial charge < -0.3 is 20.4 Å². The lowest BCUT2D eigenvalue weighted by atomic mass is 9.72. The van der Waals surface area contributed by atoms with Crippen LogP contribution in [0.15, 0.2) is 129 Å². The maximum atomic E-state index is 14.5. The van der Waals surface area contributed by atoms with Gasteiger partial charge in [0.2, 0.25) is 30.1 Å². The summed E-state index contributed by atoms with van der Waals surface area (Å²) in [4.78, 5) is 98.3. The highest BCUT2D eigenvalue weighted by Gasteiger charge is 2.49. The summed E-state index contributed by atoms with van der Waals surface area (Å²) in [6.07, 6.45) is 2.14. The van der Waals surface area contributed by atoms with E-state index < -0.39 is 94.8 Å². The molecule has 1 aliphatic carbocycles. The Morgan fingerprint density at radius 2 is 1.46 bits per heavy atom. The summed E-state index contributed by atoms with van der Waals surface area (Å²) in [7, 11) is -11.2. The number of allylic oxidation sites excluding steroid dienone is 2. The number of sulfonamides is 1. The Morgan fingerprint density at radius 1 is 0.766 bits per heavy atom. The number of nitrogens with one attached hydrogen (secondary N) is 4. The van der Waals surface area contributed by atoms with Crippen LogP contribution < -0.4 is 25.6 Å². The van der Waals surface area contributed by atoms with Crippen LogP contribution in [0.1, 0.15) is 128 Å². The molecule has 0 spiro atoms. The molecule has 20 nitrogen and oxygen atoms in total. The number of nitrogens with zero attached hydrogens (tertiary/aromatic N) is 5. The summed E-state index contributed by atoms with van der Waals surface area (Å²) >= 11 is 1.37. The maximum Gasteiger partial charge on any atom is 0.501 e. The normalized spacial score (nSPS) is 18.7. The van der Waals surface area contributed by atoms with Crippen LogP contribution in [0, 0.1) is 5.41 Å². The summed E-state index contributed by atoms with van der Waals surface area (Å²) in [5, 5.41) is 7.82. The number of amides is 7. The zero-order valence-electron chi connectivity index (χ0n) is 52.4. The van der Waals surface area contributed by atoms with E-state index in [9.17, 15) is 72.3 Å². The van der Waals surface area contributed by atoms with Gasteiger partial charge in [-0.3, -0.25) is 53.6 Å². The minimum atomic E-state index is -6.20. The molecular weight excluding hydrogens is 1290 g/mol. The van der Waals surface area contributed by atoms with Crippen molar-refractivity contribution in [2.45, 2.75) is 136 Å². The van der Waals surface area contributed by atoms with Gasteiger partial charge in [0.05, 0.1) is 27.4 Å². The molecule has 0 radical (unpaired) electrons. The molecule has 3 fully saturated rings. The second kappa shape index (κ2) is 30.5. The quantitative estimate of drug-likeness (QED) is 0.0188. The maximum absolute atomic E-state index is 14.5. The van der Waals surface area contributed by atoms with Gasteiger partial charge in [0.1, 0.15) is 10.9 Å². The van der Waals surface area contributed by atoms with E-state index in [-0.39, 0.29) is 84.4 Å². The summed E-state index contributed by atoms with van der Waals surface area (Å²) < 4.78 is 126. The number of hydrogen-bond donors (Lipinski definition) is 4. The molecule has 0 bridgehead atoms. The lowest BCUT2D eigenvalue weighted by molar-refractivity contribution is -0.136. The molecule has 0 saturated carbocycles. The van der Waals surface area contributed by atoms with Gasteiger partial charge in [0, 0.05) is 119 Å². The van der Waals surface area contributed by atoms with Crippen molar-refractivity contribution in [1.82, 2.24) is 29.6 Å². The van der Waals surface area contributed by atoms with Gasteiger partial charge in [-0.1, -0.05) is 62.3 Å². The van der Waals surface area contributed by atoms with E-state index in [4.69, 9.17) is 0 Å². The Hall–Kier alpha value is -7.53. The third kappa shape index (κ3) is 17.7. The molecule has 506 valence electrons. The summed E-state index contributed by atoms with van der Waals surface area (Å²) in [5.74, 6) is -4.09. The fraction of sp³-hybridized carbons (Fsp3) is 0.470. The molecule has 9 rings (SSSR count). The summed E-state index contributed by atoms with van der Waals surface area (Å²) in [5.41, 5.74) is -2.44. The van der Waals surface area contributed by atoms with Gasteiger partial charge in [-0.2, -0.15) is 13.2 Å². The zero-order chi connectivity index (χ0) is 67.7. The number of unbranched alkanes of at least 4 members (excludes halogenated alkanes) is 2. The van der Waals surface area contributed by atoms with Crippen LogP contribution in [0.4, 0.5) is 39.0 Å². The second-order valence-corrected chi connectivity index (χ2v) is 29.8. The lowest BCUT2D eigenvalue weighted by Gasteiger charge is -2.39. The number of carbonyl (C=O) groups excluding carboxylic acids is 7. The number of rotatable bonds is 27. The SMILES string of the molecule is C=C(CCC(F)F)C1=C(CN2CCN(c3ccc(C(=O)NS(=O)(=O)c4ccc(N[C@H](CCN5CCN(C(=O)CCCCCC(=O)Nc6cccc7c6C(=O)N(C6CCC(=O)NC6=O)C7=O)CC5)CSc5ccccc5)c(S(=O)(=O)C(F)(F)F)c4)cc3)CC2)CCC(C)(C)C1. The number of anilines is 3. The van der Waals surface area contributed by atoms with Crippen molar-refractivity contribution >= 4 is 90.0 Å². The van der Waals surface area contributed by atoms with Crippen molar-refractivity contribution in [3.8, 4) is 0 Å². The number of piperazine rings is 2. The van der Waals surface area contributed by atoms with Crippen LogP contribution in [0.5, 0.6) is 0 Å². The van der Waals surface area contributed by atoms with Crippen molar-refractivity contribution in [2.75, 3.05) is 86.7 Å². The molecule has 4 aromatic rings.